The van der Waals surface area contributed by atoms with Gasteiger partial charge in [-0.25, -0.2) is 0 Å². The summed E-state index contributed by atoms with van der Waals surface area (Å²) < 4.78 is 0. The Kier molecular flexibility index (Phi) is 2.55. The molecule has 0 spiro atoms. The van der Waals surface area contributed by atoms with E-state index in [1.54, 1.807) is 0 Å². The van der Waals surface area contributed by atoms with Crippen LogP contribution in [0.15, 0.2) is 0 Å². The number of rotatable bonds is 2. The van der Waals surface area contributed by atoms with E-state index in [1.807, 2.05) is 0 Å². The van der Waals surface area contributed by atoms with Crippen molar-refractivity contribution in [1.82, 2.24) is 0 Å². The zero-order valence-corrected chi connectivity index (χ0v) is 11.7. The fraction of sp³-hybridized carbons (Fsp3) is 1.00. The largest absolute Gasteiger partial charge is 0.168 e. The van der Waals surface area contributed by atoms with E-state index in [0.717, 1.165) is 17.8 Å². The monoisotopic (exact) mass is 230 g/mol. The molecule has 14 heavy (non-hydrogen) atoms. The molecule has 2 fully saturated rings. The van der Waals surface area contributed by atoms with Gasteiger partial charge in [-0.3, -0.25) is 0 Å². The Morgan fingerprint density at radius 2 is 1.93 bits per heavy atom. The summed E-state index contributed by atoms with van der Waals surface area (Å²) >= 11 is 6.48. The highest BCUT2D eigenvalue weighted by atomic mass is 35.6. The normalized spacial score (nSPS) is 40.5. The molecule has 0 radical (unpaired) electrons. The number of fused-ring (bicyclic) bond motifs is 2. The third-order valence-corrected chi connectivity index (χ3v) is 6.70. The lowest BCUT2D eigenvalue weighted by molar-refractivity contribution is 0.241. The minimum absolute atomic E-state index is 0.626. The maximum Gasteiger partial charge on any atom is 0.150 e. The molecule has 2 rings (SSSR count). The highest BCUT2D eigenvalue weighted by Crippen LogP contribution is 2.61. The molecule has 0 nitrogen and oxygen atoms in total. The third-order valence-electron chi connectivity index (χ3n) is 4.74. The number of hydrogen-bond donors (Lipinski definition) is 0. The van der Waals surface area contributed by atoms with Crippen molar-refractivity contribution in [2.75, 3.05) is 0 Å². The molecule has 2 aliphatic carbocycles. The van der Waals surface area contributed by atoms with E-state index in [1.165, 1.54) is 25.3 Å². The maximum atomic E-state index is 6.48. The van der Waals surface area contributed by atoms with Crippen LogP contribution in [0.5, 0.6) is 0 Å². The molecule has 0 aromatic heterocycles. The van der Waals surface area contributed by atoms with Crippen molar-refractivity contribution in [3.05, 3.63) is 0 Å². The van der Waals surface area contributed by atoms with Gasteiger partial charge in [-0.2, -0.15) is 11.1 Å². The van der Waals surface area contributed by atoms with Gasteiger partial charge in [0.05, 0.1) is 0 Å². The van der Waals surface area contributed by atoms with Crippen LogP contribution in [0.4, 0.5) is 0 Å². The van der Waals surface area contributed by atoms with Gasteiger partial charge in [-0.1, -0.05) is 26.9 Å². The van der Waals surface area contributed by atoms with Crippen LogP contribution in [0.3, 0.4) is 0 Å². The van der Waals surface area contributed by atoms with E-state index in [4.69, 9.17) is 11.1 Å². The van der Waals surface area contributed by atoms with E-state index in [-0.39, 0.29) is 0 Å². The van der Waals surface area contributed by atoms with Crippen LogP contribution in [-0.2, 0) is 0 Å². The van der Waals surface area contributed by atoms with E-state index >= 15 is 0 Å². The number of halogens is 1. The second-order valence-electron chi connectivity index (χ2n) is 6.62. The van der Waals surface area contributed by atoms with E-state index < -0.39 is 7.38 Å². The van der Waals surface area contributed by atoms with Crippen molar-refractivity contribution in [2.45, 2.75) is 52.2 Å². The Morgan fingerprint density at radius 1 is 1.29 bits per heavy atom. The first kappa shape index (κ1) is 11.0. The van der Waals surface area contributed by atoms with Crippen LogP contribution in [-0.4, -0.2) is 7.38 Å². The van der Waals surface area contributed by atoms with Gasteiger partial charge in [-0.05, 0) is 48.5 Å². The average molecular weight is 231 g/mol. The Labute approximate surface area is 94.1 Å². The molecule has 2 bridgehead atoms. The SMILES string of the molecule is CC1(C)[C@H]2CC[C@@H]1[C@H](C[Si](C)(C)Cl)C2. The molecule has 0 N–H and O–H groups in total. The van der Waals surface area contributed by atoms with E-state index in [9.17, 15) is 0 Å². The summed E-state index contributed by atoms with van der Waals surface area (Å²) in [5, 5.41) is 0. The van der Waals surface area contributed by atoms with Crippen molar-refractivity contribution in [3.63, 3.8) is 0 Å². The molecule has 0 saturated heterocycles. The van der Waals surface area contributed by atoms with Gasteiger partial charge in [0.2, 0.25) is 0 Å². The van der Waals surface area contributed by atoms with Crippen molar-refractivity contribution in [1.29, 1.82) is 0 Å². The lowest BCUT2D eigenvalue weighted by Crippen LogP contribution is -2.26. The second-order valence-corrected chi connectivity index (χ2v) is 13.5. The molecular formula is C12H23ClSi. The molecule has 2 aliphatic rings. The van der Waals surface area contributed by atoms with Crippen LogP contribution >= 0.6 is 11.1 Å². The molecule has 0 unspecified atom stereocenters. The van der Waals surface area contributed by atoms with Crippen molar-refractivity contribution in [3.8, 4) is 0 Å². The fourth-order valence-electron chi connectivity index (χ4n) is 4.07. The van der Waals surface area contributed by atoms with Crippen LogP contribution in [0, 0.1) is 23.2 Å². The van der Waals surface area contributed by atoms with Crippen molar-refractivity contribution >= 4 is 18.5 Å². The van der Waals surface area contributed by atoms with Gasteiger partial charge in [-0.15, -0.1) is 0 Å². The zero-order valence-electron chi connectivity index (χ0n) is 9.94. The Hall–Kier alpha value is 0.507. The Bertz CT molecular complexity index is 229. The van der Waals surface area contributed by atoms with Gasteiger partial charge in [0.15, 0.2) is 7.38 Å². The second kappa shape index (κ2) is 3.25. The topological polar surface area (TPSA) is 0 Å². The van der Waals surface area contributed by atoms with Gasteiger partial charge in [0, 0.05) is 0 Å². The highest BCUT2D eigenvalue weighted by molar-refractivity contribution is 7.19. The summed E-state index contributed by atoms with van der Waals surface area (Å²) in [4.78, 5) is 0. The smallest absolute Gasteiger partial charge is 0.150 e. The summed E-state index contributed by atoms with van der Waals surface area (Å²) in [5.41, 5.74) is 0.626. The average Bonchev–Trinajstić information content (AvgIpc) is 2.36. The highest BCUT2D eigenvalue weighted by Gasteiger charge is 2.53. The van der Waals surface area contributed by atoms with E-state index in [2.05, 4.69) is 26.9 Å². The maximum absolute atomic E-state index is 6.48. The standard InChI is InChI=1S/C12H23ClSi/c1-12(2)10-5-6-11(12)9(7-10)8-14(3,4)13/h9-11H,5-8H2,1-4H3/t9-,10-,11+/m0/s1. The summed E-state index contributed by atoms with van der Waals surface area (Å²) in [5.74, 6) is 2.95. The lowest BCUT2D eigenvalue weighted by Gasteiger charge is -2.29. The minimum atomic E-state index is -1.35. The zero-order chi connectivity index (χ0) is 10.6. The van der Waals surface area contributed by atoms with Crippen LogP contribution in [0.25, 0.3) is 0 Å². The Morgan fingerprint density at radius 3 is 2.29 bits per heavy atom. The Balaban J connectivity index is 2.06. The third kappa shape index (κ3) is 1.78. The van der Waals surface area contributed by atoms with Gasteiger partial charge in [0.25, 0.3) is 0 Å². The first-order chi connectivity index (χ1) is 6.31. The molecule has 3 atom stereocenters. The molecule has 0 aromatic rings. The predicted octanol–water partition coefficient (Wildman–Crippen LogP) is 4.50. The molecule has 2 saturated carbocycles. The van der Waals surface area contributed by atoms with E-state index in [0.29, 0.717) is 5.41 Å². The van der Waals surface area contributed by atoms with Crippen LogP contribution < -0.4 is 0 Å². The molecule has 2 heteroatoms. The molecule has 0 aliphatic heterocycles. The molecular weight excluding hydrogens is 208 g/mol. The molecule has 0 aromatic carbocycles. The summed E-state index contributed by atoms with van der Waals surface area (Å²) in [6, 6.07) is 1.35. The van der Waals surface area contributed by atoms with Crippen LogP contribution in [0.1, 0.15) is 33.1 Å². The fourth-order valence-corrected chi connectivity index (χ4v) is 6.36. The van der Waals surface area contributed by atoms with Crippen molar-refractivity contribution in [2.24, 2.45) is 23.2 Å². The molecule has 0 heterocycles. The van der Waals surface area contributed by atoms with Gasteiger partial charge < -0.3 is 0 Å². The van der Waals surface area contributed by atoms with Gasteiger partial charge in [0.1, 0.15) is 0 Å². The van der Waals surface area contributed by atoms with Gasteiger partial charge >= 0.3 is 0 Å². The van der Waals surface area contributed by atoms with Crippen LogP contribution in [0.2, 0.25) is 19.1 Å². The van der Waals surface area contributed by atoms with Crippen molar-refractivity contribution < 1.29 is 0 Å². The summed E-state index contributed by atoms with van der Waals surface area (Å²) in [7, 11) is -1.35. The molecule has 0 amide bonds. The molecule has 82 valence electrons. The summed E-state index contributed by atoms with van der Waals surface area (Å²) in [6.45, 7) is 9.57. The quantitative estimate of drug-likeness (QED) is 0.484. The first-order valence-corrected chi connectivity index (χ1v) is 10.2. The lowest BCUT2D eigenvalue weighted by atomic mass is 9.80. The first-order valence-electron chi connectivity index (χ1n) is 5.99. The predicted molar refractivity (Wildman–Crippen MR) is 66.2 cm³/mol. The minimum Gasteiger partial charge on any atom is -0.168 e. The summed E-state index contributed by atoms with van der Waals surface area (Å²) in [6.07, 6.45) is 4.43. The number of hydrogen-bond acceptors (Lipinski definition) is 0.